The molecule has 0 amide bonds. The lowest BCUT2D eigenvalue weighted by atomic mass is 10.0. The highest BCUT2D eigenvalue weighted by atomic mass is 35.5. The molecule has 0 radical (unpaired) electrons. The fourth-order valence-corrected chi connectivity index (χ4v) is 2.58. The number of hydrogen-bond acceptors (Lipinski definition) is 4. The molecule has 4 nitrogen and oxygen atoms in total. The van der Waals surface area contributed by atoms with Crippen LogP contribution in [0.4, 0.5) is 5.82 Å². The first-order valence-corrected chi connectivity index (χ1v) is 6.42. The van der Waals surface area contributed by atoms with Crippen LogP contribution in [0.15, 0.2) is 6.20 Å². The third-order valence-electron chi connectivity index (χ3n) is 3.85. The van der Waals surface area contributed by atoms with E-state index in [1.54, 1.807) is 13.3 Å². The van der Waals surface area contributed by atoms with Crippen LogP contribution < -0.4 is 10.1 Å². The van der Waals surface area contributed by atoms with Gasteiger partial charge < -0.3 is 10.1 Å². The highest BCUT2D eigenvalue weighted by molar-refractivity contribution is 6.32. The predicted molar refractivity (Wildman–Crippen MR) is 66.5 cm³/mol. The lowest BCUT2D eigenvalue weighted by Crippen LogP contribution is -2.18. The summed E-state index contributed by atoms with van der Waals surface area (Å²) < 4.78 is 5.00. The molecular formula is C12H16ClN3O. The Kier molecular flexibility index (Phi) is 2.62. The van der Waals surface area contributed by atoms with Crippen molar-refractivity contribution in [1.29, 1.82) is 0 Å². The fourth-order valence-electron chi connectivity index (χ4n) is 2.42. The summed E-state index contributed by atoms with van der Waals surface area (Å²) in [7, 11) is 1.56. The molecule has 1 heterocycles. The average molecular weight is 254 g/mol. The van der Waals surface area contributed by atoms with E-state index in [0.29, 0.717) is 22.3 Å². The van der Waals surface area contributed by atoms with Crippen molar-refractivity contribution in [2.24, 2.45) is 11.3 Å². The van der Waals surface area contributed by atoms with Gasteiger partial charge in [0.2, 0.25) is 0 Å². The summed E-state index contributed by atoms with van der Waals surface area (Å²) in [6.07, 6.45) is 7.03. The zero-order valence-corrected chi connectivity index (χ0v) is 10.6. The molecular weight excluding hydrogens is 238 g/mol. The van der Waals surface area contributed by atoms with Gasteiger partial charge in [-0.3, -0.25) is 0 Å². The minimum Gasteiger partial charge on any atom is -0.467 e. The highest BCUT2D eigenvalue weighted by Gasteiger charge is 2.53. The number of ether oxygens (including phenoxy) is 1. The van der Waals surface area contributed by atoms with Gasteiger partial charge in [0.25, 0.3) is 0 Å². The lowest BCUT2D eigenvalue weighted by Gasteiger charge is -2.16. The Hall–Kier alpha value is -1.03. The molecule has 0 spiro atoms. The maximum absolute atomic E-state index is 6.05. The standard InChI is InChI=1S/C12H16ClN3O/c1-17-11-14-6-9(13)10(16-11)15-7-12(4-5-12)8-2-3-8/h6,8H,2-5,7H2,1H3,(H,14,15,16). The summed E-state index contributed by atoms with van der Waals surface area (Å²) in [5.74, 6) is 1.61. The summed E-state index contributed by atoms with van der Waals surface area (Å²) in [6, 6.07) is 0.355. The number of nitrogens with zero attached hydrogens (tertiary/aromatic N) is 2. The Morgan fingerprint density at radius 1 is 1.53 bits per heavy atom. The second-order valence-corrected chi connectivity index (χ2v) is 5.45. The normalized spacial score (nSPS) is 21.1. The van der Waals surface area contributed by atoms with Crippen LogP contribution in [-0.4, -0.2) is 23.6 Å². The monoisotopic (exact) mass is 253 g/mol. The van der Waals surface area contributed by atoms with Crippen molar-refractivity contribution in [2.45, 2.75) is 25.7 Å². The molecule has 1 aromatic heterocycles. The van der Waals surface area contributed by atoms with Crippen LogP contribution in [-0.2, 0) is 0 Å². The second-order valence-electron chi connectivity index (χ2n) is 5.04. The number of rotatable bonds is 5. The number of halogens is 1. The summed E-state index contributed by atoms with van der Waals surface area (Å²) >= 11 is 6.05. The summed E-state index contributed by atoms with van der Waals surface area (Å²) in [6.45, 7) is 0.970. The van der Waals surface area contributed by atoms with Gasteiger partial charge in [-0.15, -0.1) is 0 Å². The van der Waals surface area contributed by atoms with Gasteiger partial charge in [-0.05, 0) is 37.0 Å². The first-order valence-electron chi connectivity index (χ1n) is 6.04. The zero-order chi connectivity index (χ0) is 11.9. The Morgan fingerprint density at radius 3 is 2.88 bits per heavy atom. The van der Waals surface area contributed by atoms with Crippen molar-refractivity contribution >= 4 is 17.4 Å². The van der Waals surface area contributed by atoms with Crippen LogP contribution in [0, 0.1) is 11.3 Å². The van der Waals surface area contributed by atoms with E-state index in [1.165, 1.54) is 25.7 Å². The van der Waals surface area contributed by atoms with Gasteiger partial charge in [0, 0.05) is 6.54 Å². The molecule has 2 aliphatic carbocycles. The molecule has 0 bridgehead atoms. The number of nitrogens with one attached hydrogen (secondary N) is 1. The molecule has 0 aliphatic heterocycles. The van der Waals surface area contributed by atoms with Crippen molar-refractivity contribution in [2.75, 3.05) is 19.0 Å². The molecule has 2 fully saturated rings. The third-order valence-corrected chi connectivity index (χ3v) is 4.12. The van der Waals surface area contributed by atoms with Crippen molar-refractivity contribution in [3.8, 4) is 6.01 Å². The van der Waals surface area contributed by atoms with Gasteiger partial charge in [-0.1, -0.05) is 11.6 Å². The molecule has 0 aromatic carbocycles. The summed E-state index contributed by atoms with van der Waals surface area (Å²) in [5, 5.41) is 3.90. The Labute approximate surface area is 106 Å². The van der Waals surface area contributed by atoms with Gasteiger partial charge >= 0.3 is 6.01 Å². The van der Waals surface area contributed by atoms with Crippen LogP contribution >= 0.6 is 11.6 Å². The molecule has 1 N–H and O–H groups in total. The Balaban J connectivity index is 1.68. The predicted octanol–water partition coefficient (Wildman–Crippen LogP) is 2.74. The summed E-state index contributed by atoms with van der Waals surface area (Å²) in [5.41, 5.74) is 0.529. The van der Waals surface area contributed by atoms with Crippen LogP contribution in [0.5, 0.6) is 6.01 Å². The molecule has 1 aromatic rings. The second kappa shape index (κ2) is 4.02. The van der Waals surface area contributed by atoms with E-state index in [0.717, 1.165) is 12.5 Å². The Morgan fingerprint density at radius 2 is 2.29 bits per heavy atom. The van der Waals surface area contributed by atoms with Gasteiger partial charge in [-0.25, -0.2) is 4.98 Å². The molecule has 5 heteroatoms. The first-order chi connectivity index (χ1) is 8.23. The minimum atomic E-state index is 0.355. The van der Waals surface area contributed by atoms with Gasteiger partial charge in [0.1, 0.15) is 5.02 Å². The average Bonchev–Trinajstić information content (AvgIpc) is 3.19. The van der Waals surface area contributed by atoms with E-state index < -0.39 is 0 Å². The van der Waals surface area contributed by atoms with Gasteiger partial charge in [-0.2, -0.15) is 4.98 Å². The van der Waals surface area contributed by atoms with Gasteiger partial charge in [0.05, 0.1) is 13.3 Å². The van der Waals surface area contributed by atoms with Crippen molar-refractivity contribution in [1.82, 2.24) is 9.97 Å². The molecule has 17 heavy (non-hydrogen) atoms. The van der Waals surface area contributed by atoms with Crippen molar-refractivity contribution < 1.29 is 4.74 Å². The number of methoxy groups -OCH3 is 1. The van der Waals surface area contributed by atoms with Crippen LogP contribution in [0.2, 0.25) is 5.02 Å². The van der Waals surface area contributed by atoms with Crippen molar-refractivity contribution in [3.63, 3.8) is 0 Å². The van der Waals surface area contributed by atoms with Gasteiger partial charge in [0.15, 0.2) is 5.82 Å². The van der Waals surface area contributed by atoms with E-state index in [9.17, 15) is 0 Å². The van der Waals surface area contributed by atoms with Crippen LogP contribution in [0.3, 0.4) is 0 Å². The Bertz CT molecular complexity index is 430. The molecule has 2 aliphatic rings. The number of anilines is 1. The smallest absolute Gasteiger partial charge is 0.318 e. The SMILES string of the molecule is COc1ncc(Cl)c(NCC2(C3CC3)CC2)n1. The third kappa shape index (κ3) is 2.18. The number of hydrogen-bond donors (Lipinski definition) is 1. The molecule has 0 atom stereocenters. The topological polar surface area (TPSA) is 47.0 Å². The maximum atomic E-state index is 6.05. The van der Waals surface area contributed by atoms with E-state index in [4.69, 9.17) is 16.3 Å². The molecule has 0 unspecified atom stereocenters. The molecule has 0 saturated heterocycles. The van der Waals surface area contributed by atoms with E-state index >= 15 is 0 Å². The highest BCUT2D eigenvalue weighted by Crippen LogP contribution is 2.61. The molecule has 3 rings (SSSR count). The molecule has 92 valence electrons. The summed E-state index contributed by atoms with van der Waals surface area (Å²) in [4.78, 5) is 8.18. The van der Waals surface area contributed by atoms with E-state index in [-0.39, 0.29) is 0 Å². The quantitative estimate of drug-likeness (QED) is 0.877. The molecule has 2 saturated carbocycles. The zero-order valence-electron chi connectivity index (χ0n) is 9.87. The lowest BCUT2D eigenvalue weighted by molar-refractivity contribution is 0.380. The minimum absolute atomic E-state index is 0.355. The van der Waals surface area contributed by atoms with E-state index in [1.807, 2.05) is 0 Å². The van der Waals surface area contributed by atoms with Crippen LogP contribution in [0.25, 0.3) is 0 Å². The fraction of sp³-hybridized carbons (Fsp3) is 0.667. The maximum Gasteiger partial charge on any atom is 0.318 e. The van der Waals surface area contributed by atoms with Crippen LogP contribution in [0.1, 0.15) is 25.7 Å². The van der Waals surface area contributed by atoms with E-state index in [2.05, 4.69) is 15.3 Å². The first kappa shape index (κ1) is 11.1. The number of aromatic nitrogens is 2. The largest absolute Gasteiger partial charge is 0.467 e. The van der Waals surface area contributed by atoms with Crippen molar-refractivity contribution in [3.05, 3.63) is 11.2 Å².